The molecular weight excluding hydrogens is 405 g/mol. The molecule has 0 fully saturated rings. The molecule has 3 rings (SSSR count). The van der Waals surface area contributed by atoms with Gasteiger partial charge in [0.2, 0.25) is 0 Å². The summed E-state index contributed by atoms with van der Waals surface area (Å²) in [5.41, 5.74) is 6.46. The fraction of sp³-hybridized carbons (Fsp3) is 0.0526. The minimum atomic E-state index is -0.621. The van der Waals surface area contributed by atoms with E-state index in [1.807, 2.05) is 0 Å². The van der Waals surface area contributed by atoms with Gasteiger partial charge in [0, 0.05) is 29.6 Å². The van der Waals surface area contributed by atoms with Gasteiger partial charge in [0.1, 0.15) is 5.57 Å². The van der Waals surface area contributed by atoms with E-state index >= 15 is 0 Å². The quantitative estimate of drug-likeness (QED) is 0.176. The monoisotopic (exact) mass is 418 g/mol. The molecule has 142 valence electrons. The van der Waals surface area contributed by atoms with Crippen molar-refractivity contribution in [1.29, 1.82) is 0 Å². The van der Waals surface area contributed by atoms with Crippen LogP contribution in [0.5, 0.6) is 5.75 Å². The molecule has 1 aliphatic rings. The first-order valence-electron chi connectivity index (χ1n) is 7.89. The molecule has 1 heterocycles. The van der Waals surface area contributed by atoms with Crippen LogP contribution in [-0.2, 0) is 16.5 Å². The number of hydrazine groups is 1. The SMILES string of the molecule is CN=C([O-])C(C#[NH+])=C1N=C(NNC(=O)c2ccccc2[O-])c2ccccc21.[Ni+2]. The van der Waals surface area contributed by atoms with Crippen molar-refractivity contribution in [3.05, 3.63) is 70.8 Å². The molecule has 2 aromatic carbocycles. The Bertz CT molecular complexity index is 1050. The number of hydrogen-bond donors (Lipinski definition) is 3. The van der Waals surface area contributed by atoms with Gasteiger partial charge in [-0.2, -0.15) is 0 Å². The van der Waals surface area contributed by atoms with Crippen LogP contribution in [0.25, 0.3) is 5.70 Å². The largest absolute Gasteiger partial charge is 2.00 e. The van der Waals surface area contributed by atoms with Gasteiger partial charge in [-0.25, -0.2) is 4.99 Å². The molecule has 0 bridgehead atoms. The van der Waals surface area contributed by atoms with E-state index in [-0.39, 0.29) is 39.2 Å². The van der Waals surface area contributed by atoms with Crippen molar-refractivity contribution in [3.63, 3.8) is 0 Å². The first-order chi connectivity index (χ1) is 13.1. The predicted molar refractivity (Wildman–Crippen MR) is 94.6 cm³/mol. The van der Waals surface area contributed by atoms with Crippen LogP contribution in [0.4, 0.5) is 0 Å². The van der Waals surface area contributed by atoms with E-state index in [0.717, 1.165) is 0 Å². The summed E-state index contributed by atoms with van der Waals surface area (Å²) in [6, 6.07) is 14.9. The van der Waals surface area contributed by atoms with Crippen LogP contribution in [0.1, 0.15) is 21.5 Å². The predicted octanol–water partition coefficient (Wildman–Crippen LogP) is -1.68. The fourth-order valence-corrected chi connectivity index (χ4v) is 2.58. The summed E-state index contributed by atoms with van der Waals surface area (Å²) < 4.78 is 0. The second kappa shape index (κ2) is 8.84. The van der Waals surface area contributed by atoms with E-state index in [0.29, 0.717) is 11.1 Å². The Balaban J connectivity index is 0.00000280. The van der Waals surface area contributed by atoms with Gasteiger partial charge in [-0.1, -0.05) is 59.5 Å². The van der Waals surface area contributed by atoms with Crippen LogP contribution < -0.4 is 26.3 Å². The van der Waals surface area contributed by atoms with Gasteiger partial charge in [-0.3, -0.25) is 15.6 Å². The van der Waals surface area contributed by atoms with E-state index < -0.39 is 17.6 Å². The van der Waals surface area contributed by atoms with E-state index in [1.54, 1.807) is 36.4 Å². The molecule has 2 aromatic rings. The van der Waals surface area contributed by atoms with Crippen LogP contribution in [0.3, 0.4) is 0 Å². The number of rotatable bonds is 2. The van der Waals surface area contributed by atoms with Crippen LogP contribution in [-0.4, -0.2) is 24.7 Å². The zero-order valence-corrected chi connectivity index (χ0v) is 15.5. The molecule has 0 radical (unpaired) electrons. The number of para-hydroxylation sites is 1. The van der Waals surface area contributed by atoms with Crippen molar-refractivity contribution in [2.45, 2.75) is 0 Å². The number of aliphatic imine (C=N–C) groups is 2. The Kier molecular flexibility index (Phi) is 6.53. The Morgan fingerprint density at radius 1 is 1.14 bits per heavy atom. The van der Waals surface area contributed by atoms with Crippen molar-refractivity contribution in [2.75, 3.05) is 7.05 Å². The Morgan fingerprint density at radius 3 is 2.43 bits per heavy atom. The third-order valence-corrected chi connectivity index (χ3v) is 3.87. The molecule has 0 saturated heterocycles. The summed E-state index contributed by atoms with van der Waals surface area (Å²) >= 11 is 0. The van der Waals surface area contributed by atoms with Crippen molar-refractivity contribution in [2.24, 2.45) is 9.98 Å². The molecule has 1 amide bonds. The molecule has 1 aliphatic heterocycles. The molecule has 9 heteroatoms. The molecule has 28 heavy (non-hydrogen) atoms. The normalized spacial score (nSPS) is 14.1. The zero-order chi connectivity index (χ0) is 19.4. The number of amidine groups is 1. The van der Waals surface area contributed by atoms with Crippen LogP contribution >= 0.6 is 0 Å². The van der Waals surface area contributed by atoms with Gasteiger partial charge in [0.05, 0.1) is 5.70 Å². The van der Waals surface area contributed by atoms with Crippen LogP contribution in [0, 0.1) is 6.07 Å². The molecule has 0 aromatic heterocycles. The molecule has 3 N–H and O–H groups in total. The second-order valence-electron chi connectivity index (χ2n) is 5.46. The maximum atomic E-state index is 12.2. The Labute approximate surface area is 170 Å². The van der Waals surface area contributed by atoms with Crippen molar-refractivity contribution < 1.29 is 36.8 Å². The number of nitrogens with one attached hydrogen (secondary N) is 3. The van der Waals surface area contributed by atoms with E-state index in [2.05, 4.69) is 26.9 Å². The number of carbonyl (C=O) groups is 1. The number of fused-ring (bicyclic) bond motifs is 1. The van der Waals surface area contributed by atoms with Crippen LogP contribution in [0.2, 0.25) is 0 Å². The summed E-state index contributed by atoms with van der Waals surface area (Å²) in [7, 11) is 1.32. The van der Waals surface area contributed by atoms with Crippen molar-refractivity contribution in [3.8, 4) is 11.8 Å². The van der Waals surface area contributed by atoms with E-state index in [1.165, 1.54) is 19.2 Å². The molecule has 8 nitrogen and oxygen atoms in total. The maximum absolute atomic E-state index is 12.2. The summed E-state index contributed by atoms with van der Waals surface area (Å²) in [5, 5.41) is 31.1. The summed E-state index contributed by atoms with van der Waals surface area (Å²) in [6.45, 7) is 0. The number of benzene rings is 2. The Hall–Kier alpha value is -3.63. The number of amides is 1. The first-order valence-corrected chi connectivity index (χ1v) is 7.89. The van der Waals surface area contributed by atoms with E-state index in [9.17, 15) is 15.0 Å². The standard InChI is InChI=1S/C19H15N5O3.Ni/c1-21-18(26)14(10-20)16-11-6-2-3-7-12(11)17(22-16)23-24-19(27)13-8-4-5-9-15(13)25;/h2-9,25H,1H3,(H,21,26)(H,22,23)(H,24,27);/q;+2/p-1. The molecule has 0 spiro atoms. The van der Waals surface area contributed by atoms with Gasteiger partial charge in [-0.15, -0.1) is 0 Å². The molecule has 0 unspecified atom stereocenters. The summed E-state index contributed by atoms with van der Waals surface area (Å²) in [5.74, 6) is -1.36. The smallest absolute Gasteiger partial charge is 0.872 e. The second-order valence-corrected chi connectivity index (χ2v) is 5.46. The summed E-state index contributed by atoms with van der Waals surface area (Å²) in [6.07, 6.45) is 0. The maximum Gasteiger partial charge on any atom is 2.00 e. The third kappa shape index (κ3) is 3.87. The van der Waals surface area contributed by atoms with Crippen molar-refractivity contribution >= 4 is 23.3 Å². The minimum absolute atomic E-state index is 0. The molecular formula is C19H14N5NiO3+. The third-order valence-electron chi connectivity index (χ3n) is 3.87. The van der Waals surface area contributed by atoms with Gasteiger partial charge >= 0.3 is 22.6 Å². The molecule has 0 aliphatic carbocycles. The topological polar surface area (TPSA) is 136 Å². The zero-order valence-electron chi connectivity index (χ0n) is 14.6. The Morgan fingerprint density at radius 2 is 1.79 bits per heavy atom. The molecule has 0 atom stereocenters. The van der Waals surface area contributed by atoms with E-state index in [4.69, 9.17) is 5.26 Å². The van der Waals surface area contributed by atoms with Gasteiger partial charge < -0.3 is 15.2 Å². The minimum Gasteiger partial charge on any atom is -0.872 e. The number of hydrogen-bond acceptors (Lipinski definition) is 6. The van der Waals surface area contributed by atoms with Gasteiger partial charge in [0.25, 0.3) is 5.91 Å². The molecule has 0 saturated carbocycles. The van der Waals surface area contributed by atoms with Crippen molar-refractivity contribution in [1.82, 2.24) is 10.9 Å². The fourth-order valence-electron chi connectivity index (χ4n) is 2.58. The first kappa shape index (κ1) is 20.7. The average Bonchev–Trinajstić information content (AvgIpc) is 3.05. The van der Waals surface area contributed by atoms with Crippen LogP contribution in [0.15, 0.2) is 64.1 Å². The van der Waals surface area contributed by atoms with Gasteiger partial charge in [-0.05, 0) is 0 Å². The number of nitrogens with zero attached hydrogens (tertiary/aromatic N) is 2. The summed E-state index contributed by atoms with van der Waals surface area (Å²) in [4.78, 5) is 20.1. The average molecular weight is 419 g/mol. The number of carbonyl (C=O) groups excluding carboxylic acids is 1. The van der Waals surface area contributed by atoms with Gasteiger partial charge in [0.15, 0.2) is 5.84 Å².